The zero-order chi connectivity index (χ0) is 9.26. The second-order valence-electron chi connectivity index (χ2n) is 3.15. The third kappa shape index (κ3) is 1.43. The predicted octanol–water partition coefficient (Wildman–Crippen LogP) is 1.13. The van der Waals surface area contributed by atoms with Crippen LogP contribution < -0.4 is 11.5 Å². The molecule has 0 spiro atoms. The van der Waals surface area contributed by atoms with Crippen molar-refractivity contribution in [1.29, 1.82) is 0 Å². The monoisotopic (exact) mass is 175 g/mol. The molecule has 3 nitrogen and oxygen atoms in total. The van der Waals surface area contributed by atoms with Crippen LogP contribution in [0.3, 0.4) is 0 Å². The number of H-pyrrole nitrogens is 1. The van der Waals surface area contributed by atoms with Crippen LogP contribution in [0.5, 0.6) is 0 Å². The highest BCUT2D eigenvalue weighted by atomic mass is 14.8. The molecule has 2 aromatic rings. The average Bonchev–Trinajstić information content (AvgIpc) is 2.59. The molecule has 1 aromatic heterocycles. The van der Waals surface area contributed by atoms with E-state index in [1.165, 1.54) is 5.39 Å². The minimum atomic E-state index is -0.0904. The molecule has 68 valence electrons. The highest BCUT2D eigenvalue weighted by Gasteiger charge is 2.06. The van der Waals surface area contributed by atoms with Crippen molar-refractivity contribution < 1.29 is 0 Å². The van der Waals surface area contributed by atoms with Gasteiger partial charge in [-0.15, -0.1) is 0 Å². The number of aromatic amines is 1. The fourth-order valence-electron chi connectivity index (χ4n) is 1.42. The van der Waals surface area contributed by atoms with Crippen molar-refractivity contribution in [3.8, 4) is 0 Å². The van der Waals surface area contributed by atoms with Gasteiger partial charge in [-0.3, -0.25) is 0 Å². The molecule has 1 heterocycles. The van der Waals surface area contributed by atoms with Gasteiger partial charge in [0.15, 0.2) is 0 Å². The quantitative estimate of drug-likeness (QED) is 0.640. The lowest BCUT2D eigenvalue weighted by Crippen LogP contribution is -2.20. The van der Waals surface area contributed by atoms with Gasteiger partial charge in [-0.1, -0.05) is 18.2 Å². The van der Waals surface area contributed by atoms with Crippen LogP contribution in [0.2, 0.25) is 0 Å². The van der Waals surface area contributed by atoms with Gasteiger partial charge in [0, 0.05) is 17.8 Å². The molecule has 0 aliphatic heterocycles. The first-order valence-electron chi connectivity index (χ1n) is 4.34. The summed E-state index contributed by atoms with van der Waals surface area (Å²) in [7, 11) is 0. The van der Waals surface area contributed by atoms with Crippen LogP contribution in [0.4, 0.5) is 0 Å². The van der Waals surface area contributed by atoms with Gasteiger partial charge < -0.3 is 16.5 Å². The van der Waals surface area contributed by atoms with Gasteiger partial charge in [-0.2, -0.15) is 0 Å². The maximum Gasteiger partial charge on any atom is 0.0572 e. The fraction of sp³-hybridized carbons (Fsp3) is 0.200. The molecule has 0 saturated carbocycles. The van der Waals surface area contributed by atoms with E-state index in [0.29, 0.717) is 6.54 Å². The van der Waals surface area contributed by atoms with Gasteiger partial charge in [-0.05, 0) is 17.5 Å². The summed E-state index contributed by atoms with van der Waals surface area (Å²) < 4.78 is 0. The molecule has 1 atom stereocenters. The van der Waals surface area contributed by atoms with Crippen molar-refractivity contribution in [1.82, 2.24) is 4.98 Å². The molecule has 3 heteroatoms. The molecule has 0 radical (unpaired) electrons. The van der Waals surface area contributed by atoms with Crippen LogP contribution in [-0.4, -0.2) is 11.5 Å². The van der Waals surface area contributed by atoms with Crippen molar-refractivity contribution in [3.05, 3.63) is 36.0 Å². The third-order valence-corrected chi connectivity index (χ3v) is 2.20. The number of hydrogen-bond donors (Lipinski definition) is 3. The van der Waals surface area contributed by atoms with Gasteiger partial charge in [0.1, 0.15) is 0 Å². The minimum Gasteiger partial charge on any atom is -0.357 e. The smallest absolute Gasteiger partial charge is 0.0572 e. The second-order valence-corrected chi connectivity index (χ2v) is 3.15. The normalized spacial score (nSPS) is 13.4. The molecule has 2 rings (SSSR count). The van der Waals surface area contributed by atoms with Crippen LogP contribution >= 0.6 is 0 Å². The Bertz CT molecular complexity index is 372. The molecular formula is C10H13N3. The average molecular weight is 175 g/mol. The third-order valence-electron chi connectivity index (χ3n) is 2.20. The summed E-state index contributed by atoms with van der Waals surface area (Å²) >= 11 is 0. The number of hydrogen-bond acceptors (Lipinski definition) is 2. The Morgan fingerprint density at radius 1 is 1.31 bits per heavy atom. The van der Waals surface area contributed by atoms with E-state index in [2.05, 4.69) is 11.1 Å². The first-order chi connectivity index (χ1) is 6.31. The molecule has 0 aliphatic rings. The molecule has 0 aliphatic carbocycles. The SMILES string of the molecule is NC[C@@H](N)c1cc2ccccc2[nH]1. The zero-order valence-electron chi connectivity index (χ0n) is 7.33. The first-order valence-corrected chi connectivity index (χ1v) is 4.34. The lowest BCUT2D eigenvalue weighted by molar-refractivity contribution is 0.718. The summed E-state index contributed by atoms with van der Waals surface area (Å²) in [6.45, 7) is 0.465. The zero-order valence-corrected chi connectivity index (χ0v) is 7.33. The van der Waals surface area contributed by atoms with E-state index in [-0.39, 0.29) is 6.04 Å². The summed E-state index contributed by atoms with van der Waals surface area (Å²) in [4.78, 5) is 3.24. The van der Waals surface area contributed by atoms with Crippen LogP contribution in [0.1, 0.15) is 11.7 Å². The summed E-state index contributed by atoms with van der Waals surface area (Å²) in [5, 5.41) is 1.18. The number of nitrogens with one attached hydrogen (secondary N) is 1. The van der Waals surface area contributed by atoms with Crippen molar-refractivity contribution in [3.63, 3.8) is 0 Å². The lowest BCUT2D eigenvalue weighted by Gasteiger charge is -2.03. The molecule has 0 fully saturated rings. The number of fused-ring (bicyclic) bond motifs is 1. The molecule has 0 amide bonds. The second kappa shape index (κ2) is 3.20. The fourth-order valence-corrected chi connectivity index (χ4v) is 1.42. The van der Waals surface area contributed by atoms with Crippen molar-refractivity contribution in [2.45, 2.75) is 6.04 Å². The summed E-state index contributed by atoms with van der Waals surface area (Å²) in [6.07, 6.45) is 0. The molecule has 1 aromatic carbocycles. The van der Waals surface area contributed by atoms with Crippen LogP contribution in [0.25, 0.3) is 10.9 Å². The van der Waals surface area contributed by atoms with Gasteiger partial charge in [-0.25, -0.2) is 0 Å². The van der Waals surface area contributed by atoms with E-state index in [4.69, 9.17) is 11.5 Å². The van der Waals surface area contributed by atoms with E-state index >= 15 is 0 Å². The number of para-hydroxylation sites is 1. The Hall–Kier alpha value is -1.32. The highest BCUT2D eigenvalue weighted by molar-refractivity contribution is 5.80. The van der Waals surface area contributed by atoms with E-state index < -0.39 is 0 Å². The van der Waals surface area contributed by atoms with Crippen molar-refractivity contribution >= 4 is 10.9 Å². The number of rotatable bonds is 2. The topological polar surface area (TPSA) is 67.8 Å². The molecule has 0 bridgehead atoms. The predicted molar refractivity (Wildman–Crippen MR) is 54.3 cm³/mol. The molecule has 5 N–H and O–H groups in total. The Kier molecular flexibility index (Phi) is 2.04. The van der Waals surface area contributed by atoms with Gasteiger partial charge in [0.2, 0.25) is 0 Å². The highest BCUT2D eigenvalue weighted by Crippen LogP contribution is 2.17. The van der Waals surface area contributed by atoms with Crippen molar-refractivity contribution in [2.75, 3.05) is 6.54 Å². The Morgan fingerprint density at radius 2 is 2.08 bits per heavy atom. The Labute approximate surface area is 76.7 Å². The van der Waals surface area contributed by atoms with E-state index in [0.717, 1.165) is 11.2 Å². The largest absolute Gasteiger partial charge is 0.357 e. The first kappa shape index (κ1) is 8.29. The Morgan fingerprint density at radius 3 is 2.77 bits per heavy atom. The van der Waals surface area contributed by atoms with Crippen LogP contribution in [-0.2, 0) is 0 Å². The minimum absolute atomic E-state index is 0.0904. The van der Waals surface area contributed by atoms with Gasteiger partial charge >= 0.3 is 0 Å². The van der Waals surface area contributed by atoms with Crippen LogP contribution in [0.15, 0.2) is 30.3 Å². The van der Waals surface area contributed by atoms with E-state index in [1.807, 2.05) is 24.3 Å². The molecule has 0 saturated heterocycles. The molecule has 0 unspecified atom stereocenters. The standard InChI is InChI=1S/C10H13N3/c11-6-8(12)10-5-7-3-1-2-4-9(7)13-10/h1-5,8,13H,6,11-12H2/t8-/m1/s1. The molecular weight excluding hydrogens is 162 g/mol. The molecule has 13 heavy (non-hydrogen) atoms. The number of aromatic nitrogens is 1. The maximum absolute atomic E-state index is 5.80. The van der Waals surface area contributed by atoms with Gasteiger partial charge in [0.25, 0.3) is 0 Å². The lowest BCUT2D eigenvalue weighted by atomic mass is 10.2. The summed E-state index contributed by atoms with van der Waals surface area (Å²) in [5.74, 6) is 0. The number of nitrogens with two attached hydrogens (primary N) is 2. The summed E-state index contributed by atoms with van der Waals surface area (Å²) in [5.41, 5.74) is 13.4. The Balaban J connectivity index is 2.49. The van der Waals surface area contributed by atoms with E-state index in [9.17, 15) is 0 Å². The number of benzene rings is 1. The van der Waals surface area contributed by atoms with E-state index in [1.54, 1.807) is 0 Å². The van der Waals surface area contributed by atoms with Gasteiger partial charge in [0.05, 0.1) is 6.04 Å². The summed E-state index contributed by atoms with van der Waals surface area (Å²) in [6, 6.07) is 10.0. The van der Waals surface area contributed by atoms with Crippen LogP contribution in [0, 0.1) is 0 Å². The van der Waals surface area contributed by atoms with Crippen molar-refractivity contribution in [2.24, 2.45) is 11.5 Å². The maximum atomic E-state index is 5.80.